The fraction of sp³-hybridized carbons (Fsp3) is 0.200. The number of amides is 1. The molecular formula is C45H39FN8O5S2. The first-order valence-corrected chi connectivity index (χ1v) is 21.5. The molecule has 61 heavy (non-hydrogen) atoms. The molecule has 8 rings (SSSR count). The van der Waals surface area contributed by atoms with E-state index in [0.717, 1.165) is 32.1 Å². The zero-order valence-electron chi connectivity index (χ0n) is 33.9. The van der Waals surface area contributed by atoms with Gasteiger partial charge in [-0.25, -0.2) is 12.8 Å². The van der Waals surface area contributed by atoms with E-state index in [1.165, 1.54) is 24.4 Å². The molecule has 0 radical (unpaired) electrons. The van der Waals surface area contributed by atoms with Crippen molar-refractivity contribution in [2.45, 2.75) is 64.9 Å². The lowest BCUT2D eigenvalue weighted by Gasteiger charge is -2.17. The van der Waals surface area contributed by atoms with Gasteiger partial charge < -0.3 is 15.4 Å². The van der Waals surface area contributed by atoms with Crippen molar-refractivity contribution in [2.75, 3.05) is 4.72 Å². The number of benzene rings is 4. The summed E-state index contributed by atoms with van der Waals surface area (Å²) in [7, 11) is -4.01. The number of fused-ring (bicyclic) bond motifs is 4. The van der Waals surface area contributed by atoms with E-state index in [-0.39, 0.29) is 16.9 Å². The molecule has 7 aromatic rings. The first kappa shape index (κ1) is 40.8. The van der Waals surface area contributed by atoms with Crippen LogP contribution in [0.25, 0.3) is 27.0 Å². The summed E-state index contributed by atoms with van der Waals surface area (Å²) in [6, 6.07) is 20.3. The molecule has 4 heterocycles. The van der Waals surface area contributed by atoms with Crippen LogP contribution in [0.5, 0.6) is 0 Å². The fourth-order valence-electron chi connectivity index (χ4n) is 7.74. The lowest BCUT2D eigenvalue weighted by atomic mass is 9.95. The second-order valence-corrected chi connectivity index (χ2v) is 18.0. The number of aliphatic carboxylic acids is 1. The number of hydrogen-bond donors (Lipinski definition) is 4. The van der Waals surface area contributed by atoms with Gasteiger partial charge in [-0.2, -0.15) is 5.26 Å². The largest absolute Gasteiger partial charge is 0.481 e. The summed E-state index contributed by atoms with van der Waals surface area (Å²) in [6.45, 7) is 11.2. The number of anilines is 1. The molecule has 308 valence electrons. The first-order chi connectivity index (χ1) is 29.1. The summed E-state index contributed by atoms with van der Waals surface area (Å²) in [6.07, 6.45) is 1.27. The number of aryl methyl sites for hydroxylation is 4. The molecule has 2 atom stereocenters. The van der Waals surface area contributed by atoms with Gasteiger partial charge in [-0.15, -0.1) is 21.5 Å². The third kappa shape index (κ3) is 7.36. The Balaban J connectivity index is 0.996. The van der Waals surface area contributed by atoms with Crippen molar-refractivity contribution in [3.63, 3.8) is 0 Å². The third-order valence-corrected chi connectivity index (χ3v) is 13.7. The molecule has 1 amide bonds. The molecule has 0 bridgehead atoms. The smallest absolute Gasteiger partial charge is 0.306 e. The van der Waals surface area contributed by atoms with Gasteiger partial charge in [0.15, 0.2) is 5.82 Å². The number of halogens is 1. The van der Waals surface area contributed by atoms with Crippen LogP contribution in [0.4, 0.5) is 10.1 Å². The molecule has 0 unspecified atom stereocenters. The van der Waals surface area contributed by atoms with Crippen LogP contribution < -0.4 is 10.0 Å². The normalized spacial score (nSPS) is 14.1. The van der Waals surface area contributed by atoms with Gasteiger partial charge >= 0.3 is 5.97 Å². The molecule has 0 saturated heterocycles. The van der Waals surface area contributed by atoms with Gasteiger partial charge in [-0.1, -0.05) is 42.5 Å². The van der Waals surface area contributed by atoms with Crippen LogP contribution in [-0.2, 0) is 14.8 Å². The maximum absolute atomic E-state index is 15.9. The number of carbonyl (C=O) groups excluding carboxylic acids is 1. The maximum Gasteiger partial charge on any atom is 0.306 e. The van der Waals surface area contributed by atoms with Crippen LogP contribution in [0.15, 0.2) is 88.9 Å². The Morgan fingerprint density at radius 3 is 2.38 bits per heavy atom. The van der Waals surface area contributed by atoms with E-state index in [9.17, 15) is 28.4 Å². The highest BCUT2D eigenvalue weighted by Gasteiger charge is 2.32. The highest BCUT2D eigenvalue weighted by molar-refractivity contribution is 7.92. The Hall–Kier alpha value is -6.96. The lowest BCUT2D eigenvalue weighted by molar-refractivity contribution is -0.137. The Morgan fingerprint density at radius 1 is 0.984 bits per heavy atom. The Kier molecular flexibility index (Phi) is 10.4. The number of sulfonamides is 1. The average molecular weight is 855 g/mol. The Labute approximate surface area is 354 Å². The van der Waals surface area contributed by atoms with Crippen LogP contribution in [0.1, 0.15) is 91.3 Å². The van der Waals surface area contributed by atoms with Gasteiger partial charge in [0.25, 0.3) is 15.9 Å². The molecule has 3 aromatic heterocycles. The second kappa shape index (κ2) is 15.6. The van der Waals surface area contributed by atoms with Crippen molar-refractivity contribution in [3.8, 4) is 22.2 Å². The first-order valence-electron chi connectivity index (χ1n) is 19.2. The monoisotopic (exact) mass is 854 g/mol. The third-order valence-electron chi connectivity index (χ3n) is 11.1. The van der Waals surface area contributed by atoms with Crippen LogP contribution in [-0.4, -0.2) is 50.9 Å². The van der Waals surface area contributed by atoms with Gasteiger partial charge in [0.2, 0.25) is 0 Å². The van der Waals surface area contributed by atoms with Crippen molar-refractivity contribution < 1.29 is 27.5 Å². The Bertz CT molecular complexity index is 3120. The zero-order valence-corrected chi connectivity index (χ0v) is 35.5. The number of H-pyrrole nitrogens is 1. The zero-order chi connectivity index (χ0) is 43.5. The molecule has 0 aliphatic carbocycles. The van der Waals surface area contributed by atoms with Gasteiger partial charge in [0.05, 0.1) is 39.8 Å². The van der Waals surface area contributed by atoms with Crippen molar-refractivity contribution in [1.29, 1.82) is 5.26 Å². The number of nitriles is 1. The van der Waals surface area contributed by atoms with Gasteiger partial charge in [-0.3, -0.25) is 23.9 Å². The van der Waals surface area contributed by atoms with Gasteiger partial charge in [-0.05, 0) is 99.7 Å². The summed E-state index contributed by atoms with van der Waals surface area (Å²) in [5, 5.41) is 32.2. The van der Waals surface area contributed by atoms with E-state index in [1.807, 2.05) is 44.4 Å². The number of aromatic nitrogens is 4. The number of carboxylic acids is 1. The minimum atomic E-state index is -4.01. The summed E-state index contributed by atoms with van der Waals surface area (Å²) >= 11 is 1.56. The molecule has 1 aliphatic rings. The number of rotatable bonds is 10. The maximum atomic E-state index is 15.9. The van der Waals surface area contributed by atoms with Crippen molar-refractivity contribution in [1.82, 2.24) is 25.1 Å². The molecule has 13 nitrogen and oxygen atoms in total. The summed E-state index contributed by atoms with van der Waals surface area (Å²) in [4.78, 5) is 34.5. The van der Waals surface area contributed by atoms with Crippen molar-refractivity contribution in [2.24, 2.45) is 4.99 Å². The number of carboxylic acid groups (broad SMARTS) is 1. The van der Waals surface area contributed by atoms with Crippen LogP contribution in [0.3, 0.4) is 0 Å². The molecule has 16 heteroatoms. The average Bonchev–Trinajstić information content (AvgIpc) is 3.90. The highest BCUT2D eigenvalue weighted by Crippen LogP contribution is 2.40. The van der Waals surface area contributed by atoms with Crippen LogP contribution in [0, 0.1) is 51.8 Å². The van der Waals surface area contributed by atoms with Crippen LogP contribution >= 0.6 is 11.3 Å². The van der Waals surface area contributed by atoms with Crippen LogP contribution in [0.2, 0.25) is 0 Å². The number of aromatic amines is 1. The number of nitrogens with zero attached hydrogens (tertiary/aromatic N) is 5. The molecule has 4 N–H and O–H groups in total. The predicted octanol–water partition coefficient (Wildman–Crippen LogP) is 8.69. The minimum absolute atomic E-state index is 0.00320. The summed E-state index contributed by atoms with van der Waals surface area (Å²) < 4.78 is 47.1. The predicted molar refractivity (Wildman–Crippen MR) is 232 cm³/mol. The topological polar surface area (TPSA) is 195 Å². The van der Waals surface area contributed by atoms with Gasteiger partial charge in [0.1, 0.15) is 28.8 Å². The van der Waals surface area contributed by atoms with E-state index in [4.69, 9.17) is 4.99 Å². The summed E-state index contributed by atoms with van der Waals surface area (Å²) in [5.74, 6) is -1.03. The molecular weight excluding hydrogens is 816 g/mol. The van der Waals surface area contributed by atoms with E-state index < -0.39 is 39.8 Å². The van der Waals surface area contributed by atoms with Crippen molar-refractivity contribution >= 4 is 55.5 Å². The number of aliphatic imine (C=N–C) groups is 1. The summed E-state index contributed by atoms with van der Waals surface area (Å²) in [5.41, 5.74) is 7.46. The molecule has 4 aromatic carbocycles. The number of nitrogens with one attached hydrogen (secondary N) is 3. The van der Waals surface area contributed by atoms with Crippen molar-refractivity contribution in [3.05, 3.63) is 146 Å². The standard InChI is InChI=1S/C45H39FN8O5S2/c1-22-7-16-36(42-39(22)31(20-47)21-48-42)53-61(58,59)32-14-12-28(13-15-32)25(4)49-44(57)33-18-35(46)34(17-23(33)2)29-8-10-30(11-9-29)41-40-24(3)26(5)60-45(40)54-27(6)51-52-43(54)37(50-41)19-38(55)56/h7-18,21,25,37,48,53H,19H2,1-6H3,(H,49,57)(H,55,56)/t25-,37+/m1/s1. The quantitative estimate of drug-likeness (QED) is 0.105. The second-order valence-electron chi connectivity index (χ2n) is 15.1. The highest BCUT2D eigenvalue weighted by atomic mass is 32.2. The van der Waals surface area contributed by atoms with E-state index in [2.05, 4.69) is 31.3 Å². The molecule has 1 aliphatic heterocycles. The van der Waals surface area contributed by atoms with E-state index in [0.29, 0.717) is 61.8 Å². The lowest BCUT2D eigenvalue weighted by Crippen LogP contribution is -2.27. The number of hydrogen-bond acceptors (Lipinski definition) is 9. The minimum Gasteiger partial charge on any atom is -0.481 e. The molecule has 0 fully saturated rings. The SMILES string of the molecule is Cc1cc(-c2ccc(C3=N[C@@H](CC(=O)O)c4nnc(C)n4-c4sc(C)c(C)c43)cc2)c(F)cc1C(=O)N[C@H](C)c1ccc(S(=O)(=O)Nc2ccc(C)c3c(C#N)c[nH]c23)cc1. The fourth-order valence-corrected chi connectivity index (χ4v) is 10.0. The van der Waals surface area contributed by atoms with E-state index >= 15 is 4.39 Å². The number of carbonyl (C=O) groups is 2. The Morgan fingerprint density at radius 2 is 1.69 bits per heavy atom. The van der Waals surface area contributed by atoms with Gasteiger partial charge in [0, 0.05) is 38.7 Å². The number of thiophene rings is 1. The molecule has 0 saturated carbocycles. The van der Waals surface area contributed by atoms with E-state index in [1.54, 1.807) is 67.6 Å². The molecule has 0 spiro atoms.